The predicted octanol–water partition coefficient (Wildman–Crippen LogP) is 2.02. The molecule has 2 aromatic carbocycles. The van der Waals surface area contributed by atoms with E-state index < -0.39 is 39.4 Å². The van der Waals surface area contributed by atoms with Crippen molar-refractivity contribution < 1.29 is 31.6 Å². The summed E-state index contributed by atoms with van der Waals surface area (Å²) in [6.07, 6.45) is -1.20. The molecule has 1 aliphatic rings. The smallest absolute Gasteiger partial charge is 0.313 e. The van der Waals surface area contributed by atoms with Crippen LogP contribution in [0.15, 0.2) is 60.2 Å². The molecule has 148 valence electrons. The number of hydrogen-bond acceptors (Lipinski definition) is 8. The summed E-state index contributed by atoms with van der Waals surface area (Å²) < 4.78 is 45.6. The molecule has 9 heteroatoms. The van der Waals surface area contributed by atoms with Gasteiger partial charge in [-0.25, -0.2) is 0 Å². The largest absolute Gasteiger partial charge is 0.493 e. The van der Waals surface area contributed by atoms with Gasteiger partial charge in [-0.05, 0) is 11.6 Å². The second-order valence-corrected chi connectivity index (χ2v) is 7.48. The van der Waals surface area contributed by atoms with Gasteiger partial charge in [-0.2, -0.15) is 8.42 Å². The van der Waals surface area contributed by atoms with Gasteiger partial charge in [0.15, 0.2) is 17.6 Å². The summed E-state index contributed by atoms with van der Waals surface area (Å²) in [5.74, 6) is -1.42. The molecule has 2 N–H and O–H groups in total. The first-order valence-electron chi connectivity index (χ1n) is 8.24. The Balaban J connectivity index is 1.84. The Morgan fingerprint density at radius 2 is 1.75 bits per heavy atom. The van der Waals surface area contributed by atoms with Crippen LogP contribution in [0.4, 0.5) is 0 Å². The van der Waals surface area contributed by atoms with Gasteiger partial charge >= 0.3 is 10.1 Å². The highest BCUT2D eigenvalue weighted by atomic mass is 32.2. The van der Waals surface area contributed by atoms with Crippen LogP contribution in [0.5, 0.6) is 11.5 Å². The van der Waals surface area contributed by atoms with Crippen molar-refractivity contribution in [3.05, 3.63) is 71.3 Å². The molecule has 0 spiro atoms. The van der Waals surface area contributed by atoms with Gasteiger partial charge in [0.25, 0.3) is 0 Å². The number of carbonyl (C=O) groups is 1. The highest BCUT2D eigenvalue weighted by Crippen LogP contribution is 2.41. The van der Waals surface area contributed by atoms with Gasteiger partial charge < -0.3 is 24.1 Å². The Kier molecular flexibility index (Phi) is 5.46. The maximum Gasteiger partial charge on any atom is 0.313 e. The molecule has 1 unspecified atom stereocenters. The second kappa shape index (κ2) is 7.81. The molecule has 0 fully saturated rings. The van der Waals surface area contributed by atoms with Crippen LogP contribution < -0.4 is 15.2 Å². The van der Waals surface area contributed by atoms with E-state index in [0.29, 0.717) is 16.9 Å². The van der Waals surface area contributed by atoms with E-state index in [1.807, 2.05) is 0 Å². The van der Waals surface area contributed by atoms with Gasteiger partial charge in [-0.1, -0.05) is 42.5 Å². The van der Waals surface area contributed by atoms with Crippen LogP contribution >= 0.6 is 0 Å². The average Bonchev–Trinajstić information content (AvgIpc) is 2.95. The first-order valence-corrected chi connectivity index (χ1v) is 9.81. The summed E-state index contributed by atoms with van der Waals surface area (Å²) >= 11 is 0. The van der Waals surface area contributed by atoms with Crippen molar-refractivity contribution in [2.24, 2.45) is 5.73 Å². The zero-order valence-corrected chi connectivity index (χ0v) is 16.1. The van der Waals surface area contributed by atoms with Crippen molar-refractivity contribution in [1.29, 1.82) is 0 Å². The summed E-state index contributed by atoms with van der Waals surface area (Å²) in [6, 6.07) is 13.3. The fourth-order valence-corrected chi connectivity index (χ4v) is 3.89. The van der Waals surface area contributed by atoms with E-state index in [0.717, 1.165) is 0 Å². The summed E-state index contributed by atoms with van der Waals surface area (Å²) in [5.41, 5.74) is 6.59. The van der Waals surface area contributed by atoms with Crippen molar-refractivity contribution >= 4 is 15.9 Å². The standard InChI is InChI=1S/C19H19NO7S/c1-24-14-10-6-9-13(16(14)25-2)17-15(21)18(19(20)26-17)27-28(22,23)11-12-7-4-3-5-8-12/h3-10,17H,11,20H2,1-2H3. The molecule has 0 aromatic heterocycles. The normalized spacial score (nSPS) is 16.6. The van der Waals surface area contributed by atoms with Crippen molar-refractivity contribution in [2.45, 2.75) is 11.9 Å². The Morgan fingerprint density at radius 1 is 1.04 bits per heavy atom. The van der Waals surface area contributed by atoms with Gasteiger partial charge in [0.05, 0.1) is 14.2 Å². The average molecular weight is 405 g/mol. The van der Waals surface area contributed by atoms with Crippen LogP contribution in [0.3, 0.4) is 0 Å². The zero-order valence-electron chi connectivity index (χ0n) is 15.2. The fourth-order valence-electron chi connectivity index (χ4n) is 2.81. The molecule has 3 rings (SSSR count). The van der Waals surface area contributed by atoms with Crippen LogP contribution in [-0.2, 0) is 29.6 Å². The number of methoxy groups -OCH3 is 2. The van der Waals surface area contributed by atoms with Crippen LogP contribution in [-0.4, -0.2) is 28.4 Å². The van der Waals surface area contributed by atoms with Gasteiger partial charge in [0.1, 0.15) is 5.75 Å². The van der Waals surface area contributed by atoms with Crippen molar-refractivity contribution in [3.8, 4) is 11.5 Å². The van der Waals surface area contributed by atoms with Gasteiger partial charge in [-0.3, -0.25) is 4.79 Å². The molecule has 0 aliphatic carbocycles. The molecule has 2 aromatic rings. The van der Waals surface area contributed by atoms with E-state index in [1.165, 1.54) is 14.2 Å². The molecule has 28 heavy (non-hydrogen) atoms. The molecule has 8 nitrogen and oxygen atoms in total. The zero-order chi connectivity index (χ0) is 20.3. The third kappa shape index (κ3) is 3.89. The lowest BCUT2D eigenvalue weighted by Crippen LogP contribution is -2.16. The topological polar surface area (TPSA) is 114 Å². The van der Waals surface area contributed by atoms with Crippen molar-refractivity contribution in [2.75, 3.05) is 14.2 Å². The number of para-hydroxylation sites is 1. The summed E-state index contributed by atoms with van der Waals surface area (Å²) in [7, 11) is -1.24. The molecule has 0 saturated heterocycles. The summed E-state index contributed by atoms with van der Waals surface area (Å²) in [4.78, 5) is 12.8. The van der Waals surface area contributed by atoms with E-state index in [1.54, 1.807) is 48.5 Å². The maximum absolute atomic E-state index is 12.8. The van der Waals surface area contributed by atoms with E-state index >= 15 is 0 Å². The third-order valence-electron chi connectivity index (χ3n) is 4.04. The minimum atomic E-state index is -4.11. The van der Waals surface area contributed by atoms with Gasteiger partial charge in [0, 0.05) is 5.56 Å². The van der Waals surface area contributed by atoms with E-state index in [2.05, 4.69) is 0 Å². The number of carbonyl (C=O) groups excluding carboxylic acids is 1. The van der Waals surface area contributed by atoms with E-state index in [9.17, 15) is 13.2 Å². The van der Waals surface area contributed by atoms with Gasteiger partial charge in [-0.15, -0.1) is 0 Å². The fraction of sp³-hybridized carbons (Fsp3) is 0.211. The lowest BCUT2D eigenvalue weighted by molar-refractivity contribution is -0.123. The molecule has 0 saturated carbocycles. The van der Waals surface area contributed by atoms with E-state index in [4.69, 9.17) is 24.1 Å². The molecular formula is C19H19NO7S. The van der Waals surface area contributed by atoms with Crippen LogP contribution in [0.2, 0.25) is 0 Å². The van der Waals surface area contributed by atoms with Crippen LogP contribution in [0.1, 0.15) is 17.2 Å². The monoisotopic (exact) mass is 405 g/mol. The lowest BCUT2D eigenvalue weighted by Gasteiger charge is -2.16. The van der Waals surface area contributed by atoms with E-state index in [-0.39, 0.29) is 5.75 Å². The van der Waals surface area contributed by atoms with Crippen molar-refractivity contribution in [3.63, 3.8) is 0 Å². The Morgan fingerprint density at radius 3 is 2.39 bits per heavy atom. The summed E-state index contributed by atoms with van der Waals surface area (Å²) in [5, 5.41) is 0. The number of nitrogens with two attached hydrogens (primary N) is 1. The molecule has 0 amide bonds. The number of ether oxygens (including phenoxy) is 3. The SMILES string of the molecule is COc1cccc(C2OC(N)=C(OS(=O)(=O)Cc3ccccc3)C2=O)c1OC. The Labute approximate surface area is 162 Å². The molecule has 0 radical (unpaired) electrons. The first-order chi connectivity index (χ1) is 13.4. The van der Waals surface area contributed by atoms with Crippen LogP contribution in [0.25, 0.3) is 0 Å². The number of rotatable bonds is 7. The summed E-state index contributed by atoms with van der Waals surface area (Å²) in [6.45, 7) is 0. The minimum absolute atomic E-state index is 0.282. The molecule has 0 bridgehead atoms. The highest BCUT2D eigenvalue weighted by molar-refractivity contribution is 7.86. The third-order valence-corrected chi connectivity index (χ3v) is 5.15. The maximum atomic E-state index is 12.8. The number of Topliss-reactive ketones (excluding diaryl/α,β-unsaturated/α-hetero) is 1. The van der Waals surface area contributed by atoms with Gasteiger partial charge in [0.2, 0.25) is 17.4 Å². The predicted molar refractivity (Wildman–Crippen MR) is 99.7 cm³/mol. The Bertz CT molecular complexity index is 1020. The lowest BCUT2D eigenvalue weighted by atomic mass is 10.0. The first kappa shape index (κ1) is 19.6. The Hall–Kier alpha value is -3.20. The minimum Gasteiger partial charge on any atom is -0.493 e. The molecule has 1 aliphatic heterocycles. The molecule has 1 heterocycles. The van der Waals surface area contributed by atoms with Crippen LogP contribution in [0, 0.1) is 0 Å². The quantitative estimate of drug-likeness (QED) is 0.696. The number of hydrogen-bond donors (Lipinski definition) is 1. The number of benzene rings is 2. The highest BCUT2D eigenvalue weighted by Gasteiger charge is 2.41. The molecular weight excluding hydrogens is 386 g/mol. The molecule has 1 atom stereocenters. The number of ketones is 1. The van der Waals surface area contributed by atoms with Crippen molar-refractivity contribution in [1.82, 2.24) is 0 Å². The second-order valence-electron chi connectivity index (χ2n) is 5.91.